The van der Waals surface area contributed by atoms with Crippen LogP contribution in [0.15, 0.2) is 0 Å². The van der Waals surface area contributed by atoms with Crippen molar-refractivity contribution in [3.05, 3.63) is 0 Å². The first kappa shape index (κ1) is 13.6. The third-order valence-electron chi connectivity index (χ3n) is 2.19. The van der Waals surface area contributed by atoms with Gasteiger partial charge in [-0.2, -0.15) is 0 Å². The van der Waals surface area contributed by atoms with Crippen LogP contribution in [0.5, 0.6) is 0 Å². The number of carbonyl (C=O) groups is 1. The summed E-state index contributed by atoms with van der Waals surface area (Å²) in [5, 5.41) is 9.20. The molecule has 0 heterocycles. The number of Topliss-reactive ketones (excluding diaryl/α,β-unsaturated/α-hetero) is 1. The van der Waals surface area contributed by atoms with E-state index >= 15 is 0 Å². The molecule has 0 bridgehead atoms. The van der Waals surface area contributed by atoms with Crippen LogP contribution in [0.25, 0.3) is 0 Å². The smallest absolute Gasteiger partial charge is 0.143 e. The van der Waals surface area contributed by atoms with Gasteiger partial charge in [0.15, 0.2) is 0 Å². The zero-order valence-corrected chi connectivity index (χ0v) is 10.3. The van der Waals surface area contributed by atoms with Crippen LogP contribution < -0.4 is 0 Å². The van der Waals surface area contributed by atoms with Gasteiger partial charge in [0.1, 0.15) is 5.78 Å². The maximum Gasteiger partial charge on any atom is 0.143 e. The quantitative estimate of drug-likeness (QED) is 0.760. The summed E-state index contributed by atoms with van der Waals surface area (Å²) in [5.41, 5.74) is -0.257. The van der Waals surface area contributed by atoms with Gasteiger partial charge in [0, 0.05) is 11.3 Å². The van der Waals surface area contributed by atoms with Crippen molar-refractivity contribution in [2.75, 3.05) is 6.61 Å². The molecule has 0 aliphatic heterocycles. The Morgan fingerprint density at radius 3 is 1.79 bits per heavy atom. The summed E-state index contributed by atoms with van der Waals surface area (Å²) in [6.45, 7) is 11.9. The molecule has 14 heavy (non-hydrogen) atoms. The Morgan fingerprint density at radius 2 is 1.57 bits per heavy atom. The molecule has 1 N–H and O–H groups in total. The topological polar surface area (TPSA) is 37.3 Å². The number of carbonyl (C=O) groups excluding carboxylic acids is 1. The molecular formula is C12H24O2. The maximum absolute atomic E-state index is 11.9. The highest BCUT2D eigenvalue weighted by Gasteiger charge is 2.31. The number of hydrogen-bond donors (Lipinski definition) is 1. The Balaban J connectivity index is 4.51. The molecule has 0 aliphatic rings. The van der Waals surface area contributed by atoms with Crippen molar-refractivity contribution in [3.8, 4) is 0 Å². The Morgan fingerprint density at radius 1 is 1.14 bits per heavy atom. The van der Waals surface area contributed by atoms with E-state index in [1.165, 1.54) is 0 Å². The Kier molecular flexibility index (Phi) is 4.32. The van der Waals surface area contributed by atoms with Crippen molar-refractivity contribution >= 4 is 5.78 Å². The number of ketones is 1. The summed E-state index contributed by atoms with van der Waals surface area (Å²) >= 11 is 0. The van der Waals surface area contributed by atoms with Gasteiger partial charge in [0.2, 0.25) is 0 Å². The minimum Gasteiger partial charge on any atom is -0.396 e. The lowest BCUT2D eigenvalue weighted by Gasteiger charge is -2.28. The molecule has 0 aliphatic carbocycles. The van der Waals surface area contributed by atoms with E-state index in [2.05, 4.69) is 20.8 Å². The molecular weight excluding hydrogens is 176 g/mol. The van der Waals surface area contributed by atoms with E-state index in [1.54, 1.807) is 0 Å². The molecule has 0 rings (SSSR count). The number of aliphatic hydroxyl groups is 1. The average molecular weight is 200 g/mol. The lowest BCUT2D eigenvalue weighted by atomic mass is 9.76. The lowest BCUT2D eigenvalue weighted by molar-refractivity contribution is -0.132. The van der Waals surface area contributed by atoms with Gasteiger partial charge in [-0.1, -0.05) is 41.5 Å². The second-order valence-corrected chi connectivity index (χ2v) is 6.26. The number of aliphatic hydroxyl groups excluding tert-OH is 1. The molecule has 0 aromatic rings. The normalized spacial score (nSPS) is 15.4. The predicted molar refractivity (Wildman–Crippen MR) is 59.1 cm³/mol. The molecule has 0 aromatic heterocycles. The van der Waals surface area contributed by atoms with Crippen LogP contribution in [0.4, 0.5) is 0 Å². The molecule has 0 saturated carbocycles. The second-order valence-electron chi connectivity index (χ2n) is 6.26. The zero-order chi connectivity index (χ0) is 11.6. The molecule has 0 aromatic carbocycles. The van der Waals surface area contributed by atoms with Crippen molar-refractivity contribution < 1.29 is 9.90 Å². The first-order valence-electron chi connectivity index (χ1n) is 5.23. The summed E-state index contributed by atoms with van der Waals surface area (Å²) in [5.74, 6) is -0.0510. The van der Waals surface area contributed by atoms with Crippen LogP contribution in [-0.4, -0.2) is 17.5 Å². The van der Waals surface area contributed by atoms with Crippen molar-refractivity contribution in [2.45, 2.75) is 48.0 Å². The van der Waals surface area contributed by atoms with E-state index in [1.807, 2.05) is 20.8 Å². The van der Waals surface area contributed by atoms with Gasteiger partial charge in [-0.05, 0) is 11.8 Å². The summed E-state index contributed by atoms with van der Waals surface area (Å²) in [7, 11) is 0. The van der Waals surface area contributed by atoms with Crippen molar-refractivity contribution in [2.24, 2.45) is 16.7 Å². The first-order chi connectivity index (χ1) is 6.08. The summed E-state index contributed by atoms with van der Waals surface area (Å²) in [6.07, 6.45) is 0.750. The minimum atomic E-state index is -0.349. The summed E-state index contributed by atoms with van der Waals surface area (Å²) < 4.78 is 0. The molecule has 0 saturated heterocycles. The molecule has 1 unspecified atom stereocenters. The van der Waals surface area contributed by atoms with Crippen molar-refractivity contribution in [3.63, 3.8) is 0 Å². The average Bonchev–Trinajstić information content (AvgIpc) is 1.95. The second kappa shape index (κ2) is 4.43. The van der Waals surface area contributed by atoms with Gasteiger partial charge in [-0.3, -0.25) is 4.79 Å². The monoisotopic (exact) mass is 200 g/mol. The molecule has 2 heteroatoms. The van der Waals surface area contributed by atoms with Crippen molar-refractivity contribution in [1.82, 2.24) is 0 Å². The van der Waals surface area contributed by atoms with Gasteiger partial charge in [0.05, 0.1) is 6.61 Å². The number of rotatable bonds is 3. The summed E-state index contributed by atoms with van der Waals surface area (Å²) in [6, 6.07) is 0. The zero-order valence-electron chi connectivity index (χ0n) is 10.3. The SMILES string of the molecule is CC(C)(C)CC(CO)C(=O)C(C)(C)C. The highest BCUT2D eigenvalue weighted by atomic mass is 16.3. The Labute approximate surface area is 87.7 Å². The minimum absolute atomic E-state index is 0.0344. The largest absolute Gasteiger partial charge is 0.396 e. The van der Waals surface area contributed by atoms with Gasteiger partial charge in [-0.25, -0.2) is 0 Å². The first-order valence-corrected chi connectivity index (χ1v) is 5.23. The van der Waals surface area contributed by atoms with Crippen LogP contribution in [0, 0.1) is 16.7 Å². The fourth-order valence-corrected chi connectivity index (χ4v) is 1.59. The van der Waals surface area contributed by atoms with Crippen LogP contribution >= 0.6 is 0 Å². The fraction of sp³-hybridized carbons (Fsp3) is 0.917. The standard InChI is InChI=1S/C12H24O2/c1-11(2,3)7-9(8-13)10(14)12(4,5)6/h9,13H,7-8H2,1-6H3. The van der Waals surface area contributed by atoms with Gasteiger partial charge < -0.3 is 5.11 Å². The molecule has 0 fully saturated rings. The van der Waals surface area contributed by atoms with Crippen LogP contribution in [0.3, 0.4) is 0 Å². The molecule has 1 atom stereocenters. The molecule has 2 nitrogen and oxygen atoms in total. The highest BCUT2D eigenvalue weighted by Crippen LogP contribution is 2.29. The highest BCUT2D eigenvalue weighted by molar-refractivity contribution is 5.86. The Hall–Kier alpha value is -0.370. The lowest BCUT2D eigenvalue weighted by Crippen LogP contribution is -2.33. The third kappa shape index (κ3) is 4.75. The van der Waals surface area contributed by atoms with E-state index in [-0.39, 0.29) is 29.1 Å². The van der Waals surface area contributed by atoms with E-state index < -0.39 is 0 Å². The van der Waals surface area contributed by atoms with Gasteiger partial charge >= 0.3 is 0 Å². The van der Waals surface area contributed by atoms with Crippen LogP contribution in [0.2, 0.25) is 0 Å². The molecule has 0 radical (unpaired) electrons. The van der Waals surface area contributed by atoms with Gasteiger partial charge in [-0.15, -0.1) is 0 Å². The van der Waals surface area contributed by atoms with E-state index in [0.29, 0.717) is 0 Å². The van der Waals surface area contributed by atoms with Gasteiger partial charge in [0.25, 0.3) is 0 Å². The van der Waals surface area contributed by atoms with Crippen LogP contribution in [0.1, 0.15) is 48.0 Å². The molecule has 0 spiro atoms. The van der Waals surface area contributed by atoms with Crippen molar-refractivity contribution in [1.29, 1.82) is 0 Å². The summed E-state index contributed by atoms with van der Waals surface area (Å²) in [4.78, 5) is 11.9. The number of hydrogen-bond acceptors (Lipinski definition) is 2. The fourth-order valence-electron chi connectivity index (χ4n) is 1.59. The molecule has 0 amide bonds. The predicted octanol–water partition coefficient (Wildman–Crippen LogP) is 2.65. The van der Waals surface area contributed by atoms with E-state index in [9.17, 15) is 9.90 Å². The van der Waals surface area contributed by atoms with Crippen LogP contribution in [-0.2, 0) is 4.79 Å². The third-order valence-corrected chi connectivity index (χ3v) is 2.19. The van der Waals surface area contributed by atoms with E-state index in [4.69, 9.17) is 0 Å². The maximum atomic E-state index is 11.9. The van der Waals surface area contributed by atoms with E-state index in [0.717, 1.165) is 6.42 Å². The Bertz CT molecular complexity index is 193. The molecule has 84 valence electrons.